The predicted octanol–water partition coefficient (Wildman–Crippen LogP) is 1.03. The van der Waals surface area contributed by atoms with Gasteiger partial charge in [0.1, 0.15) is 0 Å². The van der Waals surface area contributed by atoms with E-state index in [0.29, 0.717) is 16.8 Å². The molecular formula is C13H19N3O2. The van der Waals surface area contributed by atoms with E-state index in [2.05, 4.69) is 10.6 Å². The first kappa shape index (κ1) is 14.2. The number of nitrogens with two attached hydrogens (primary N) is 1. The summed E-state index contributed by atoms with van der Waals surface area (Å²) in [5.74, 6) is -0.641. The van der Waals surface area contributed by atoms with Gasteiger partial charge in [-0.3, -0.25) is 9.59 Å². The minimum Gasteiger partial charge on any atom is -0.366 e. The first-order valence-electron chi connectivity index (χ1n) is 5.84. The summed E-state index contributed by atoms with van der Waals surface area (Å²) in [6.07, 6.45) is 0. The molecule has 18 heavy (non-hydrogen) atoms. The molecule has 5 heteroatoms. The second-order valence-electron chi connectivity index (χ2n) is 4.43. The Labute approximate surface area is 107 Å². The zero-order chi connectivity index (χ0) is 13.7. The molecule has 0 aliphatic carbocycles. The number of rotatable bonds is 5. The summed E-state index contributed by atoms with van der Waals surface area (Å²) in [6, 6.07) is 5.32. The highest BCUT2D eigenvalue weighted by Crippen LogP contribution is 2.18. The van der Waals surface area contributed by atoms with Gasteiger partial charge in [-0.05, 0) is 24.6 Å². The SMILES string of the molecule is Cc1c(NC(=O)CNC(C)C)cccc1C(N)=O. The molecule has 2 amide bonds. The van der Waals surface area contributed by atoms with E-state index in [1.54, 1.807) is 25.1 Å². The van der Waals surface area contributed by atoms with Gasteiger partial charge in [-0.2, -0.15) is 0 Å². The zero-order valence-electron chi connectivity index (χ0n) is 10.9. The highest BCUT2D eigenvalue weighted by molar-refractivity contribution is 5.98. The molecule has 0 saturated carbocycles. The molecular weight excluding hydrogens is 230 g/mol. The summed E-state index contributed by atoms with van der Waals surface area (Å²) >= 11 is 0. The van der Waals surface area contributed by atoms with Crippen LogP contribution in [0.4, 0.5) is 5.69 Å². The summed E-state index contributed by atoms with van der Waals surface area (Å²) in [5, 5.41) is 5.77. The van der Waals surface area contributed by atoms with E-state index >= 15 is 0 Å². The van der Waals surface area contributed by atoms with Crippen LogP contribution in [-0.2, 0) is 4.79 Å². The van der Waals surface area contributed by atoms with Crippen LogP contribution >= 0.6 is 0 Å². The molecule has 0 fully saturated rings. The number of benzene rings is 1. The standard InChI is InChI=1S/C13H19N3O2/c1-8(2)15-7-12(17)16-11-6-4-5-10(9(11)3)13(14)18/h4-6,8,15H,7H2,1-3H3,(H2,14,18)(H,16,17). The topological polar surface area (TPSA) is 84.2 Å². The molecule has 5 nitrogen and oxygen atoms in total. The summed E-state index contributed by atoms with van der Waals surface area (Å²) in [5.41, 5.74) is 6.97. The first-order chi connectivity index (χ1) is 8.41. The van der Waals surface area contributed by atoms with Crippen molar-refractivity contribution >= 4 is 17.5 Å². The van der Waals surface area contributed by atoms with Gasteiger partial charge in [-0.15, -0.1) is 0 Å². The normalized spacial score (nSPS) is 10.4. The van der Waals surface area contributed by atoms with Gasteiger partial charge in [0.2, 0.25) is 11.8 Å². The summed E-state index contributed by atoms with van der Waals surface area (Å²) in [4.78, 5) is 22.8. The van der Waals surface area contributed by atoms with Crippen LogP contribution in [-0.4, -0.2) is 24.4 Å². The van der Waals surface area contributed by atoms with Gasteiger partial charge in [0.15, 0.2) is 0 Å². The molecule has 0 radical (unpaired) electrons. The monoisotopic (exact) mass is 249 g/mol. The molecule has 1 aromatic carbocycles. The van der Waals surface area contributed by atoms with E-state index in [0.717, 1.165) is 0 Å². The Bertz CT molecular complexity index is 456. The van der Waals surface area contributed by atoms with Crippen molar-refractivity contribution in [2.45, 2.75) is 26.8 Å². The fraction of sp³-hybridized carbons (Fsp3) is 0.385. The Balaban J connectivity index is 2.76. The van der Waals surface area contributed by atoms with Crippen molar-refractivity contribution in [3.05, 3.63) is 29.3 Å². The Kier molecular flexibility index (Phi) is 4.85. The molecule has 0 aromatic heterocycles. The third-order valence-electron chi connectivity index (χ3n) is 2.54. The highest BCUT2D eigenvalue weighted by Gasteiger charge is 2.10. The molecule has 0 aliphatic heterocycles. The van der Waals surface area contributed by atoms with Crippen molar-refractivity contribution in [2.75, 3.05) is 11.9 Å². The summed E-state index contributed by atoms with van der Waals surface area (Å²) < 4.78 is 0. The predicted molar refractivity (Wildman–Crippen MR) is 71.5 cm³/mol. The van der Waals surface area contributed by atoms with Crippen LogP contribution in [0.25, 0.3) is 0 Å². The number of amides is 2. The lowest BCUT2D eigenvalue weighted by atomic mass is 10.1. The number of hydrogen-bond donors (Lipinski definition) is 3. The fourth-order valence-corrected chi connectivity index (χ4v) is 1.53. The first-order valence-corrected chi connectivity index (χ1v) is 5.84. The van der Waals surface area contributed by atoms with Crippen molar-refractivity contribution in [2.24, 2.45) is 5.73 Å². The molecule has 0 heterocycles. The maximum Gasteiger partial charge on any atom is 0.249 e. The summed E-state index contributed by atoms with van der Waals surface area (Å²) in [7, 11) is 0. The second-order valence-corrected chi connectivity index (χ2v) is 4.43. The van der Waals surface area contributed by atoms with Crippen LogP contribution in [0, 0.1) is 6.92 Å². The number of anilines is 1. The number of carbonyl (C=O) groups is 2. The highest BCUT2D eigenvalue weighted by atomic mass is 16.2. The largest absolute Gasteiger partial charge is 0.366 e. The lowest BCUT2D eigenvalue weighted by Gasteiger charge is -2.12. The maximum absolute atomic E-state index is 11.7. The van der Waals surface area contributed by atoms with E-state index in [9.17, 15) is 9.59 Å². The Hall–Kier alpha value is -1.88. The van der Waals surface area contributed by atoms with Crippen LogP contribution in [0.5, 0.6) is 0 Å². The van der Waals surface area contributed by atoms with Crippen molar-refractivity contribution in [1.82, 2.24) is 5.32 Å². The lowest BCUT2D eigenvalue weighted by molar-refractivity contribution is -0.115. The van der Waals surface area contributed by atoms with Gasteiger partial charge in [-0.25, -0.2) is 0 Å². The van der Waals surface area contributed by atoms with E-state index in [4.69, 9.17) is 5.73 Å². The van der Waals surface area contributed by atoms with Gasteiger partial charge < -0.3 is 16.4 Å². The van der Waals surface area contributed by atoms with Gasteiger partial charge in [-0.1, -0.05) is 19.9 Å². The van der Waals surface area contributed by atoms with Gasteiger partial charge in [0.25, 0.3) is 0 Å². The minimum absolute atomic E-state index is 0.145. The molecule has 1 rings (SSSR count). The minimum atomic E-state index is -0.496. The summed E-state index contributed by atoms with van der Waals surface area (Å²) in [6.45, 7) is 5.92. The van der Waals surface area contributed by atoms with Crippen molar-refractivity contribution < 1.29 is 9.59 Å². The number of carbonyl (C=O) groups excluding carboxylic acids is 2. The van der Waals surface area contributed by atoms with Crippen molar-refractivity contribution in [1.29, 1.82) is 0 Å². The van der Waals surface area contributed by atoms with E-state index in [1.165, 1.54) is 0 Å². The van der Waals surface area contributed by atoms with Gasteiger partial charge >= 0.3 is 0 Å². The molecule has 0 unspecified atom stereocenters. The molecule has 0 bridgehead atoms. The quantitative estimate of drug-likeness (QED) is 0.728. The molecule has 1 aromatic rings. The van der Waals surface area contributed by atoms with Crippen LogP contribution in [0.1, 0.15) is 29.8 Å². The fourth-order valence-electron chi connectivity index (χ4n) is 1.53. The molecule has 0 aliphatic rings. The third kappa shape index (κ3) is 3.85. The molecule has 4 N–H and O–H groups in total. The Morgan fingerprint density at radius 1 is 1.33 bits per heavy atom. The smallest absolute Gasteiger partial charge is 0.249 e. The van der Waals surface area contributed by atoms with Crippen molar-refractivity contribution in [3.63, 3.8) is 0 Å². The zero-order valence-corrected chi connectivity index (χ0v) is 10.9. The molecule has 0 saturated heterocycles. The molecule has 98 valence electrons. The number of hydrogen-bond acceptors (Lipinski definition) is 3. The van der Waals surface area contributed by atoms with Gasteiger partial charge in [0, 0.05) is 17.3 Å². The third-order valence-corrected chi connectivity index (χ3v) is 2.54. The Morgan fingerprint density at radius 2 is 2.00 bits per heavy atom. The number of nitrogens with one attached hydrogen (secondary N) is 2. The van der Waals surface area contributed by atoms with E-state index < -0.39 is 5.91 Å². The van der Waals surface area contributed by atoms with E-state index in [1.807, 2.05) is 13.8 Å². The van der Waals surface area contributed by atoms with Crippen molar-refractivity contribution in [3.8, 4) is 0 Å². The van der Waals surface area contributed by atoms with Crippen LogP contribution < -0.4 is 16.4 Å². The van der Waals surface area contributed by atoms with Crippen LogP contribution in [0.3, 0.4) is 0 Å². The van der Waals surface area contributed by atoms with Gasteiger partial charge in [0.05, 0.1) is 6.54 Å². The van der Waals surface area contributed by atoms with Crippen LogP contribution in [0.2, 0.25) is 0 Å². The lowest BCUT2D eigenvalue weighted by Crippen LogP contribution is -2.32. The Morgan fingerprint density at radius 3 is 2.56 bits per heavy atom. The van der Waals surface area contributed by atoms with Crippen LogP contribution in [0.15, 0.2) is 18.2 Å². The number of primary amides is 1. The molecule has 0 spiro atoms. The van der Waals surface area contributed by atoms with E-state index in [-0.39, 0.29) is 18.5 Å². The average molecular weight is 249 g/mol. The second kappa shape index (κ2) is 6.16. The molecule has 0 atom stereocenters. The maximum atomic E-state index is 11.7. The average Bonchev–Trinajstić information content (AvgIpc) is 2.29.